The molecule has 60 heavy (non-hydrogen) atoms. The number of amides is 3. The lowest BCUT2D eigenvalue weighted by atomic mass is 9.96. The molecule has 3 rings (SSSR count). The van der Waals surface area contributed by atoms with Gasteiger partial charge in [0.15, 0.2) is 0 Å². The van der Waals surface area contributed by atoms with Crippen LogP contribution in [0.25, 0.3) is 0 Å². The molecule has 15 nitrogen and oxygen atoms in total. The van der Waals surface area contributed by atoms with Crippen LogP contribution >= 0.6 is 7.82 Å². The lowest BCUT2D eigenvalue weighted by Crippen LogP contribution is -2.51. The Morgan fingerprint density at radius 3 is 1.93 bits per heavy atom. The standard InChI is InChI=1S/C44H60N3O12P/c1-31(2)25-33-20-22-36(23-21-33)32(3)41(50)45-27-37(30-58-60(53,54)57-24-14-13-19-40(49)55-28-34-15-9-7-10-16-34)46-39(48)26-38(42(51)59-44(4,5)6)47-43(52)56-29-35-17-11-8-12-18-35/h7-12,15-18,20-23,31-32,37-38H,13-14,19,24-30H2,1-6H3,(H,45,50)(H,46,48)(H,47,52)(H,53,54)/t32-,37+,38+/m0/s1. The van der Waals surface area contributed by atoms with Crippen LogP contribution in [0.4, 0.5) is 4.79 Å². The Labute approximate surface area is 352 Å². The number of phosphoric ester groups is 1. The Balaban J connectivity index is 1.63. The maximum absolute atomic E-state index is 13.5. The summed E-state index contributed by atoms with van der Waals surface area (Å²) in [5.41, 5.74) is 2.50. The second kappa shape index (κ2) is 24.9. The van der Waals surface area contributed by atoms with Crippen LogP contribution < -0.4 is 16.0 Å². The van der Waals surface area contributed by atoms with Gasteiger partial charge < -0.3 is 35.1 Å². The van der Waals surface area contributed by atoms with Crippen LogP contribution in [0, 0.1) is 5.92 Å². The van der Waals surface area contributed by atoms with Crippen LogP contribution in [0.1, 0.15) is 95.4 Å². The van der Waals surface area contributed by atoms with Crippen LogP contribution in [0.2, 0.25) is 0 Å². The molecule has 16 heteroatoms. The van der Waals surface area contributed by atoms with Gasteiger partial charge in [0.1, 0.15) is 24.9 Å². The molecule has 0 aliphatic carbocycles. The minimum atomic E-state index is -4.68. The van der Waals surface area contributed by atoms with Gasteiger partial charge in [0.2, 0.25) is 11.8 Å². The smallest absolute Gasteiger partial charge is 0.461 e. The van der Waals surface area contributed by atoms with Crippen LogP contribution in [-0.2, 0) is 66.6 Å². The maximum atomic E-state index is 13.5. The van der Waals surface area contributed by atoms with Gasteiger partial charge in [0.05, 0.1) is 31.6 Å². The lowest BCUT2D eigenvalue weighted by Gasteiger charge is -2.25. The fourth-order valence-electron chi connectivity index (χ4n) is 5.62. The van der Waals surface area contributed by atoms with Crippen LogP contribution in [0.3, 0.4) is 0 Å². The summed E-state index contributed by atoms with van der Waals surface area (Å²) in [7, 11) is -4.68. The first-order chi connectivity index (χ1) is 28.4. The molecule has 0 aromatic heterocycles. The largest absolute Gasteiger partial charge is 0.472 e. The van der Waals surface area contributed by atoms with Gasteiger partial charge in [-0.3, -0.25) is 23.4 Å². The van der Waals surface area contributed by atoms with Gasteiger partial charge in [0, 0.05) is 13.0 Å². The van der Waals surface area contributed by atoms with Crippen molar-refractivity contribution in [1.29, 1.82) is 0 Å². The molecular formula is C44H60N3O12P. The van der Waals surface area contributed by atoms with E-state index in [9.17, 15) is 33.4 Å². The number of rotatable bonds is 24. The molecule has 3 amide bonds. The number of alkyl carbamates (subject to hydrolysis) is 1. The molecule has 0 aliphatic heterocycles. The number of esters is 2. The van der Waals surface area contributed by atoms with Crippen molar-refractivity contribution in [1.82, 2.24) is 16.0 Å². The Morgan fingerprint density at radius 1 is 0.750 bits per heavy atom. The highest BCUT2D eigenvalue weighted by molar-refractivity contribution is 7.47. The SMILES string of the molecule is CC(C)Cc1ccc([C@H](C)C(=O)NC[C@H](COP(=O)(O)OCCCCC(=O)OCc2ccccc2)NC(=O)C[C@@H](NC(=O)OCc2ccccc2)C(=O)OC(C)(C)C)cc1. The topological polar surface area (TPSA) is 205 Å². The van der Waals surface area contributed by atoms with E-state index in [1.165, 1.54) is 0 Å². The van der Waals surface area contributed by atoms with E-state index in [1.54, 1.807) is 58.0 Å². The number of ether oxygens (including phenoxy) is 3. The molecular weight excluding hydrogens is 793 g/mol. The number of hydrogen-bond donors (Lipinski definition) is 4. The quantitative estimate of drug-likeness (QED) is 0.0323. The predicted octanol–water partition coefficient (Wildman–Crippen LogP) is 6.66. The van der Waals surface area contributed by atoms with Gasteiger partial charge in [-0.15, -0.1) is 0 Å². The van der Waals surface area contributed by atoms with Crippen molar-refractivity contribution in [3.63, 3.8) is 0 Å². The van der Waals surface area contributed by atoms with Crippen molar-refractivity contribution in [2.24, 2.45) is 5.92 Å². The van der Waals surface area contributed by atoms with E-state index in [1.807, 2.05) is 54.6 Å². The minimum absolute atomic E-state index is 0.0744. The molecule has 0 saturated heterocycles. The van der Waals surface area contributed by atoms with E-state index >= 15 is 0 Å². The van der Waals surface area contributed by atoms with E-state index in [-0.39, 0.29) is 45.1 Å². The number of unbranched alkanes of at least 4 members (excludes halogenated alkanes) is 1. The average Bonchev–Trinajstić information content (AvgIpc) is 3.19. The fraction of sp³-hybridized carbons (Fsp3) is 0.477. The molecule has 0 fully saturated rings. The summed E-state index contributed by atoms with van der Waals surface area (Å²) in [5, 5.41) is 7.78. The molecule has 0 saturated carbocycles. The third-order valence-corrected chi connectivity index (χ3v) is 9.69. The van der Waals surface area contributed by atoms with Gasteiger partial charge in [0.25, 0.3) is 0 Å². The monoisotopic (exact) mass is 853 g/mol. The summed E-state index contributed by atoms with van der Waals surface area (Å²) in [6.07, 6.45) is -0.0465. The molecule has 3 aromatic carbocycles. The Bertz CT molecular complexity index is 1850. The molecule has 0 aliphatic rings. The summed E-state index contributed by atoms with van der Waals surface area (Å²) in [6, 6.07) is 23.2. The van der Waals surface area contributed by atoms with Crippen molar-refractivity contribution < 1.29 is 56.7 Å². The Hall–Kier alpha value is -5.08. The third kappa shape index (κ3) is 20.3. The van der Waals surface area contributed by atoms with Crippen molar-refractivity contribution in [2.75, 3.05) is 19.8 Å². The molecule has 4 N–H and O–H groups in total. The molecule has 328 valence electrons. The van der Waals surface area contributed by atoms with E-state index in [0.29, 0.717) is 17.9 Å². The Kier molecular flexibility index (Phi) is 20.4. The predicted molar refractivity (Wildman–Crippen MR) is 224 cm³/mol. The van der Waals surface area contributed by atoms with E-state index in [0.717, 1.165) is 23.1 Å². The lowest BCUT2D eigenvalue weighted by molar-refractivity contribution is -0.158. The fourth-order valence-corrected chi connectivity index (χ4v) is 6.42. The molecule has 0 radical (unpaired) electrons. The van der Waals surface area contributed by atoms with Gasteiger partial charge in [-0.05, 0) is 75.1 Å². The van der Waals surface area contributed by atoms with E-state index in [4.69, 9.17) is 23.3 Å². The summed E-state index contributed by atoms with van der Waals surface area (Å²) >= 11 is 0. The summed E-state index contributed by atoms with van der Waals surface area (Å²) < 4.78 is 39.2. The maximum Gasteiger partial charge on any atom is 0.472 e. The van der Waals surface area contributed by atoms with Gasteiger partial charge in [-0.1, -0.05) is 98.8 Å². The van der Waals surface area contributed by atoms with Crippen LogP contribution in [-0.4, -0.2) is 72.2 Å². The number of phosphoric acid groups is 1. The van der Waals surface area contributed by atoms with E-state index < -0.39 is 68.4 Å². The highest BCUT2D eigenvalue weighted by Crippen LogP contribution is 2.43. The highest BCUT2D eigenvalue weighted by atomic mass is 31.2. The number of nitrogens with one attached hydrogen (secondary N) is 3. The number of hydrogen-bond acceptors (Lipinski definition) is 11. The normalized spacial score (nSPS) is 13.9. The summed E-state index contributed by atoms with van der Waals surface area (Å²) in [4.78, 5) is 75.2. The first-order valence-electron chi connectivity index (χ1n) is 20.1. The highest BCUT2D eigenvalue weighted by Gasteiger charge is 2.31. The van der Waals surface area contributed by atoms with Crippen molar-refractivity contribution >= 4 is 37.7 Å². The molecule has 3 aromatic rings. The molecule has 1 unspecified atom stereocenters. The van der Waals surface area contributed by atoms with Crippen molar-refractivity contribution in [2.45, 2.75) is 110 Å². The zero-order valence-electron chi connectivity index (χ0n) is 35.3. The van der Waals surface area contributed by atoms with Crippen LogP contribution in [0.15, 0.2) is 84.9 Å². The minimum Gasteiger partial charge on any atom is -0.461 e. The van der Waals surface area contributed by atoms with E-state index in [2.05, 4.69) is 29.8 Å². The van der Waals surface area contributed by atoms with Crippen molar-refractivity contribution in [3.8, 4) is 0 Å². The molecule has 0 heterocycles. The summed E-state index contributed by atoms with van der Waals surface area (Å²) in [6.45, 7) is 9.85. The van der Waals surface area contributed by atoms with Crippen molar-refractivity contribution in [3.05, 3.63) is 107 Å². The second-order valence-electron chi connectivity index (χ2n) is 15.8. The molecule has 0 bridgehead atoms. The van der Waals surface area contributed by atoms with Gasteiger partial charge in [-0.25, -0.2) is 14.2 Å². The average molecular weight is 854 g/mol. The van der Waals surface area contributed by atoms with Gasteiger partial charge >= 0.3 is 25.9 Å². The molecule has 0 spiro atoms. The first kappa shape index (κ1) is 49.3. The second-order valence-corrected chi connectivity index (χ2v) is 17.2. The number of carbonyl (C=O) groups is 5. The Morgan fingerprint density at radius 2 is 1.35 bits per heavy atom. The number of carbonyl (C=O) groups excluding carboxylic acids is 5. The zero-order valence-corrected chi connectivity index (χ0v) is 36.2. The number of benzene rings is 3. The summed E-state index contributed by atoms with van der Waals surface area (Å²) in [5.74, 6) is -2.60. The van der Waals surface area contributed by atoms with Crippen LogP contribution in [0.5, 0.6) is 0 Å². The zero-order chi connectivity index (χ0) is 44.1. The van der Waals surface area contributed by atoms with Gasteiger partial charge in [-0.2, -0.15) is 0 Å². The first-order valence-corrected chi connectivity index (χ1v) is 21.6. The third-order valence-electron chi connectivity index (χ3n) is 8.70. The molecule has 4 atom stereocenters.